The van der Waals surface area contributed by atoms with Crippen LogP contribution < -0.4 is 9.62 Å². The fourth-order valence-electron chi connectivity index (χ4n) is 3.10. The number of aliphatic hydroxyl groups excluding tert-OH is 1. The molecule has 0 saturated carbocycles. The molecule has 1 atom stereocenters. The second-order valence-electron chi connectivity index (χ2n) is 7.49. The summed E-state index contributed by atoms with van der Waals surface area (Å²) in [6.07, 6.45) is 0.654. The van der Waals surface area contributed by atoms with Gasteiger partial charge in [0.15, 0.2) is 10.9 Å². The van der Waals surface area contributed by atoms with Gasteiger partial charge in [0.2, 0.25) is 12.3 Å². The normalized spacial score (nSPS) is 15.2. The van der Waals surface area contributed by atoms with Gasteiger partial charge in [-0.2, -0.15) is 0 Å². The molecule has 2 heterocycles. The van der Waals surface area contributed by atoms with Crippen molar-refractivity contribution < 1.29 is 28.4 Å². The summed E-state index contributed by atoms with van der Waals surface area (Å²) in [6.45, 7) is 3.44. The minimum absolute atomic E-state index is 0.0826. The van der Waals surface area contributed by atoms with Crippen LogP contribution in [0, 0.1) is 0 Å². The van der Waals surface area contributed by atoms with E-state index in [0.717, 1.165) is 13.1 Å². The lowest BCUT2D eigenvalue weighted by Gasteiger charge is -2.26. The Kier molecular flexibility index (Phi) is 11.3. The molecule has 12 nitrogen and oxygen atoms in total. The van der Waals surface area contributed by atoms with Gasteiger partial charge in [0.25, 0.3) is 5.91 Å². The Balaban J connectivity index is 1.96. The van der Waals surface area contributed by atoms with Crippen LogP contribution >= 0.6 is 11.8 Å². The number of aromatic nitrogens is 2. The summed E-state index contributed by atoms with van der Waals surface area (Å²) in [7, 11) is 3.19. The maximum Gasteiger partial charge on any atom is 0.275 e. The van der Waals surface area contributed by atoms with Crippen LogP contribution in [0.4, 0.5) is 5.82 Å². The molecule has 1 unspecified atom stereocenters. The van der Waals surface area contributed by atoms with Gasteiger partial charge in [-0.25, -0.2) is 9.19 Å². The number of imidazole rings is 1. The van der Waals surface area contributed by atoms with E-state index in [0.29, 0.717) is 42.8 Å². The quantitative estimate of drug-likeness (QED) is 0.250. The maximum absolute atomic E-state index is 12.6. The summed E-state index contributed by atoms with van der Waals surface area (Å²) in [5.74, 6) is 0.198. The third-order valence-electron chi connectivity index (χ3n) is 4.81. The molecular weight excluding hydrogens is 472 g/mol. The zero-order valence-corrected chi connectivity index (χ0v) is 20.8. The molecule has 0 aromatic carbocycles. The highest BCUT2D eigenvalue weighted by Gasteiger charge is 2.26. The Morgan fingerprint density at radius 1 is 1.27 bits per heavy atom. The van der Waals surface area contributed by atoms with E-state index in [1.54, 1.807) is 18.7 Å². The molecule has 33 heavy (non-hydrogen) atoms. The molecule has 0 radical (unpaired) electrons. The molecule has 1 aliphatic heterocycles. The molecule has 1 saturated heterocycles. The van der Waals surface area contributed by atoms with Crippen LogP contribution in [0.15, 0.2) is 5.16 Å². The lowest BCUT2D eigenvalue weighted by Crippen LogP contribution is -2.40. The molecule has 0 spiro atoms. The van der Waals surface area contributed by atoms with Gasteiger partial charge in [0, 0.05) is 59.5 Å². The van der Waals surface area contributed by atoms with Crippen LogP contribution in [0.3, 0.4) is 0 Å². The smallest absolute Gasteiger partial charge is 0.275 e. The van der Waals surface area contributed by atoms with Gasteiger partial charge >= 0.3 is 0 Å². The second-order valence-corrected chi connectivity index (χ2v) is 9.85. The molecule has 0 bridgehead atoms. The number of carbonyl (C=O) groups is 3. The largest absolute Gasteiger partial charge is 0.395 e. The summed E-state index contributed by atoms with van der Waals surface area (Å²) in [4.78, 5) is 45.2. The Morgan fingerprint density at radius 3 is 2.58 bits per heavy atom. The molecule has 1 aromatic heterocycles. The highest BCUT2D eigenvalue weighted by molar-refractivity contribution is 7.99. The van der Waals surface area contributed by atoms with Crippen molar-refractivity contribution in [3.63, 3.8) is 0 Å². The number of morpholine rings is 1. The maximum atomic E-state index is 12.6. The van der Waals surface area contributed by atoms with Crippen LogP contribution in [0.5, 0.6) is 0 Å². The van der Waals surface area contributed by atoms with E-state index < -0.39 is 11.0 Å². The Morgan fingerprint density at radius 2 is 1.97 bits per heavy atom. The van der Waals surface area contributed by atoms with Gasteiger partial charge in [0.05, 0.1) is 25.6 Å². The summed E-state index contributed by atoms with van der Waals surface area (Å²) in [5, 5.41) is 9.87. The molecule has 1 aromatic rings. The van der Waals surface area contributed by atoms with Crippen molar-refractivity contribution in [2.24, 2.45) is 0 Å². The summed E-state index contributed by atoms with van der Waals surface area (Å²) in [5.41, 5.74) is 0.0826. The first kappa shape index (κ1) is 27.2. The number of hydrogen-bond acceptors (Lipinski definition) is 9. The number of thioether (sulfide) groups is 1. The molecule has 1 fully saturated rings. The molecule has 0 aliphatic carbocycles. The number of amides is 3. The third-order valence-corrected chi connectivity index (χ3v) is 6.80. The average molecular weight is 505 g/mol. The molecule has 1 aliphatic rings. The summed E-state index contributed by atoms with van der Waals surface area (Å²) in [6, 6.07) is 0. The van der Waals surface area contributed by atoms with Crippen LogP contribution in [0.1, 0.15) is 16.9 Å². The first-order valence-electron chi connectivity index (χ1n) is 10.5. The lowest BCUT2D eigenvalue weighted by molar-refractivity contribution is -0.118. The number of hydrogen-bond donors (Lipinski definition) is 2. The van der Waals surface area contributed by atoms with E-state index in [-0.39, 0.29) is 42.9 Å². The average Bonchev–Trinajstić information content (AvgIpc) is 3.15. The van der Waals surface area contributed by atoms with Crippen LogP contribution in [-0.4, -0.2) is 119 Å². The first-order chi connectivity index (χ1) is 15.8. The van der Waals surface area contributed by atoms with E-state index in [2.05, 4.69) is 14.6 Å². The number of carbonyl (C=O) groups excluding carboxylic acids is 3. The van der Waals surface area contributed by atoms with Gasteiger partial charge in [-0.15, -0.1) is 0 Å². The molecular formula is C19H32N6O6S2. The van der Waals surface area contributed by atoms with Gasteiger partial charge in [-0.05, 0) is 0 Å². The predicted molar refractivity (Wildman–Crippen MR) is 126 cm³/mol. The fourth-order valence-corrected chi connectivity index (χ4v) is 4.94. The molecule has 14 heteroatoms. The SMILES string of the molecule is CN(C)C(=O)c1nc(SCCC(=O)NS(=O)CCN2CCOCC2)n(CCO)c1N(C)C=O. The van der Waals surface area contributed by atoms with Crippen molar-refractivity contribution in [2.45, 2.75) is 18.1 Å². The topological polar surface area (TPSA) is 137 Å². The van der Waals surface area contributed by atoms with Crippen LogP contribution in [-0.2, 0) is 31.9 Å². The highest BCUT2D eigenvalue weighted by atomic mass is 32.2. The fraction of sp³-hybridized carbons (Fsp3) is 0.684. The third kappa shape index (κ3) is 8.07. The number of nitrogens with one attached hydrogen (secondary N) is 1. The van der Waals surface area contributed by atoms with Gasteiger partial charge < -0.3 is 24.2 Å². The molecule has 3 amide bonds. The minimum atomic E-state index is -1.47. The van der Waals surface area contributed by atoms with Crippen molar-refractivity contribution in [1.29, 1.82) is 0 Å². The Bertz CT molecular complexity index is 843. The van der Waals surface area contributed by atoms with E-state index in [4.69, 9.17) is 4.74 Å². The molecule has 2 N–H and O–H groups in total. The number of aliphatic hydroxyl groups is 1. The van der Waals surface area contributed by atoms with Crippen molar-refractivity contribution >= 4 is 46.8 Å². The van der Waals surface area contributed by atoms with Gasteiger partial charge in [-0.3, -0.25) is 24.0 Å². The Labute approximate surface area is 200 Å². The minimum Gasteiger partial charge on any atom is -0.395 e. The van der Waals surface area contributed by atoms with E-state index >= 15 is 0 Å². The standard InChI is InChI=1S/C19H32N6O6S2/c1-22(2)18(29)16-17(23(3)14-27)25(5-9-26)19(20-16)32-12-4-15(28)21-33(30)13-8-24-6-10-31-11-7-24/h14,26H,4-13H2,1-3H3,(H,21,28). The van der Waals surface area contributed by atoms with Crippen LogP contribution in [0.2, 0.25) is 0 Å². The van der Waals surface area contributed by atoms with E-state index in [1.807, 2.05) is 0 Å². The predicted octanol–water partition coefficient (Wildman–Crippen LogP) is -1.24. The first-order valence-corrected chi connectivity index (χ1v) is 12.8. The van der Waals surface area contributed by atoms with Gasteiger partial charge in [0.1, 0.15) is 16.8 Å². The summed E-state index contributed by atoms with van der Waals surface area (Å²) >= 11 is 1.22. The van der Waals surface area contributed by atoms with Crippen molar-refractivity contribution in [3.05, 3.63) is 5.69 Å². The highest BCUT2D eigenvalue weighted by Crippen LogP contribution is 2.28. The molecule has 2 rings (SSSR count). The van der Waals surface area contributed by atoms with Crippen molar-refractivity contribution in [1.82, 2.24) is 24.1 Å². The second kappa shape index (κ2) is 13.6. The number of rotatable bonds is 13. The monoisotopic (exact) mass is 504 g/mol. The summed E-state index contributed by atoms with van der Waals surface area (Å²) < 4.78 is 21.5. The van der Waals surface area contributed by atoms with Crippen molar-refractivity contribution in [3.8, 4) is 0 Å². The lowest BCUT2D eigenvalue weighted by atomic mass is 10.3. The van der Waals surface area contributed by atoms with Crippen molar-refractivity contribution in [2.75, 3.05) is 77.0 Å². The number of nitrogens with zero attached hydrogens (tertiary/aromatic N) is 5. The van der Waals surface area contributed by atoms with Crippen LogP contribution in [0.25, 0.3) is 0 Å². The Hall–Kier alpha value is -2.00. The van der Waals surface area contributed by atoms with Gasteiger partial charge in [-0.1, -0.05) is 11.8 Å². The van der Waals surface area contributed by atoms with E-state index in [9.17, 15) is 23.7 Å². The zero-order chi connectivity index (χ0) is 24.4. The molecule has 186 valence electrons. The number of anilines is 1. The zero-order valence-electron chi connectivity index (χ0n) is 19.2. The van der Waals surface area contributed by atoms with E-state index in [1.165, 1.54) is 28.6 Å². The number of ether oxygens (including phenoxy) is 1.